The van der Waals surface area contributed by atoms with Crippen LogP contribution in [0, 0.1) is 6.92 Å². The lowest BCUT2D eigenvalue weighted by Crippen LogP contribution is -1.95. The number of aryl methyl sites for hydroxylation is 1. The lowest BCUT2D eigenvalue weighted by Gasteiger charge is -2.06. The quantitative estimate of drug-likeness (QED) is 0.716. The summed E-state index contributed by atoms with van der Waals surface area (Å²) in [5, 5.41) is 13.3. The van der Waals surface area contributed by atoms with E-state index in [1.54, 1.807) is 13.1 Å². The van der Waals surface area contributed by atoms with E-state index in [1.807, 2.05) is 13.0 Å². The standard InChI is InChI=1S/C10H11N3O/c1-6-3-7-9(8(14)4-6)10(11-2)13-5-12-7/h3-5,14H,1-2H3,(H,11,12,13). The minimum Gasteiger partial charge on any atom is -0.507 e. The summed E-state index contributed by atoms with van der Waals surface area (Å²) < 4.78 is 0. The fourth-order valence-corrected chi connectivity index (χ4v) is 1.50. The summed E-state index contributed by atoms with van der Waals surface area (Å²) in [4.78, 5) is 8.13. The zero-order chi connectivity index (χ0) is 10.1. The van der Waals surface area contributed by atoms with E-state index in [1.165, 1.54) is 6.33 Å². The molecule has 0 bridgehead atoms. The molecule has 4 heteroatoms. The maximum Gasteiger partial charge on any atom is 0.140 e. The van der Waals surface area contributed by atoms with Gasteiger partial charge in [0.25, 0.3) is 0 Å². The molecule has 0 saturated carbocycles. The number of anilines is 1. The monoisotopic (exact) mass is 189 g/mol. The molecule has 0 spiro atoms. The third kappa shape index (κ3) is 1.25. The normalized spacial score (nSPS) is 10.4. The van der Waals surface area contributed by atoms with Crippen molar-refractivity contribution in [1.82, 2.24) is 9.97 Å². The molecule has 4 nitrogen and oxygen atoms in total. The molecule has 1 heterocycles. The number of aromatic nitrogens is 2. The predicted octanol–water partition coefficient (Wildman–Crippen LogP) is 1.69. The summed E-state index contributed by atoms with van der Waals surface area (Å²) in [6, 6.07) is 3.62. The number of hydrogen-bond acceptors (Lipinski definition) is 4. The Hall–Kier alpha value is -1.84. The van der Waals surface area contributed by atoms with Crippen molar-refractivity contribution < 1.29 is 5.11 Å². The summed E-state index contributed by atoms with van der Waals surface area (Å²) in [6.45, 7) is 1.92. The van der Waals surface area contributed by atoms with Crippen molar-refractivity contribution >= 4 is 16.7 Å². The Morgan fingerprint density at radius 2 is 2.07 bits per heavy atom. The first-order valence-electron chi connectivity index (χ1n) is 4.34. The average Bonchev–Trinajstić information content (AvgIpc) is 2.16. The molecule has 2 rings (SSSR count). The first-order valence-corrected chi connectivity index (χ1v) is 4.34. The van der Waals surface area contributed by atoms with Crippen LogP contribution in [-0.2, 0) is 0 Å². The van der Waals surface area contributed by atoms with Gasteiger partial charge < -0.3 is 10.4 Å². The third-order valence-electron chi connectivity index (χ3n) is 2.10. The molecule has 0 atom stereocenters. The van der Waals surface area contributed by atoms with E-state index in [-0.39, 0.29) is 5.75 Å². The Morgan fingerprint density at radius 3 is 2.79 bits per heavy atom. The molecular formula is C10H11N3O. The van der Waals surface area contributed by atoms with Crippen LogP contribution in [0.3, 0.4) is 0 Å². The number of hydrogen-bond donors (Lipinski definition) is 2. The number of fused-ring (bicyclic) bond motifs is 1. The van der Waals surface area contributed by atoms with Crippen LogP contribution in [0.25, 0.3) is 10.9 Å². The molecule has 0 aliphatic carbocycles. The van der Waals surface area contributed by atoms with Crippen molar-refractivity contribution in [2.24, 2.45) is 0 Å². The van der Waals surface area contributed by atoms with Gasteiger partial charge in [0.2, 0.25) is 0 Å². The summed E-state index contributed by atoms with van der Waals surface area (Å²) in [7, 11) is 1.76. The first-order chi connectivity index (χ1) is 6.72. The smallest absolute Gasteiger partial charge is 0.140 e. The Labute approximate surface area is 81.6 Å². The largest absolute Gasteiger partial charge is 0.507 e. The fraction of sp³-hybridized carbons (Fsp3) is 0.200. The highest BCUT2D eigenvalue weighted by Crippen LogP contribution is 2.29. The number of phenols is 1. The van der Waals surface area contributed by atoms with Gasteiger partial charge in [0.05, 0.1) is 10.9 Å². The van der Waals surface area contributed by atoms with Gasteiger partial charge in [-0.1, -0.05) is 0 Å². The van der Waals surface area contributed by atoms with Gasteiger partial charge in [0.15, 0.2) is 0 Å². The second kappa shape index (κ2) is 3.14. The highest BCUT2D eigenvalue weighted by atomic mass is 16.3. The molecule has 1 aromatic heterocycles. The van der Waals surface area contributed by atoms with Crippen molar-refractivity contribution in [1.29, 1.82) is 0 Å². The summed E-state index contributed by atoms with van der Waals surface area (Å²) in [6.07, 6.45) is 1.48. The van der Waals surface area contributed by atoms with Crippen LogP contribution in [0.5, 0.6) is 5.75 Å². The van der Waals surface area contributed by atoms with Crippen LogP contribution in [0.4, 0.5) is 5.82 Å². The van der Waals surface area contributed by atoms with Crippen LogP contribution >= 0.6 is 0 Å². The van der Waals surface area contributed by atoms with Crippen LogP contribution in [0.1, 0.15) is 5.56 Å². The second-order valence-electron chi connectivity index (χ2n) is 3.15. The fourth-order valence-electron chi connectivity index (χ4n) is 1.50. The Bertz CT molecular complexity index is 482. The van der Waals surface area contributed by atoms with E-state index >= 15 is 0 Å². The molecule has 14 heavy (non-hydrogen) atoms. The number of nitrogens with zero attached hydrogens (tertiary/aromatic N) is 2. The number of aromatic hydroxyl groups is 1. The van der Waals surface area contributed by atoms with Crippen molar-refractivity contribution in [3.8, 4) is 5.75 Å². The van der Waals surface area contributed by atoms with Crippen molar-refractivity contribution in [2.75, 3.05) is 12.4 Å². The number of benzene rings is 1. The summed E-state index contributed by atoms with van der Waals surface area (Å²) in [5.74, 6) is 0.859. The van der Waals surface area contributed by atoms with Gasteiger partial charge in [-0.05, 0) is 24.6 Å². The lowest BCUT2D eigenvalue weighted by molar-refractivity contribution is 0.481. The molecule has 0 saturated heterocycles. The van der Waals surface area contributed by atoms with Gasteiger partial charge in [-0.2, -0.15) is 0 Å². The molecule has 0 fully saturated rings. The minimum atomic E-state index is 0.213. The first kappa shape index (κ1) is 8.74. The number of nitrogens with one attached hydrogen (secondary N) is 1. The summed E-state index contributed by atoms with van der Waals surface area (Å²) >= 11 is 0. The molecule has 1 aromatic carbocycles. The molecule has 0 aliphatic rings. The topological polar surface area (TPSA) is 58.0 Å². The van der Waals surface area contributed by atoms with Crippen LogP contribution < -0.4 is 5.32 Å². The molecule has 0 amide bonds. The van der Waals surface area contributed by atoms with Gasteiger partial charge >= 0.3 is 0 Å². The van der Waals surface area contributed by atoms with Crippen LogP contribution in [0.15, 0.2) is 18.5 Å². The Kier molecular flexibility index (Phi) is 1.96. The molecule has 72 valence electrons. The lowest BCUT2D eigenvalue weighted by atomic mass is 10.1. The van der Waals surface area contributed by atoms with Crippen molar-refractivity contribution in [3.63, 3.8) is 0 Å². The van der Waals surface area contributed by atoms with Crippen molar-refractivity contribution in [2.45, 2.75) is 6.92 Å². The van der Waals surface area contributed by atoms with Crippen LogP contribution in [-0.4, -0.2) is 22.1 Å². The van der Waals surface area contributed by atoms with E-state index in [0.717, 1.165) is 11.1 Å². The number of phenolic OH excluding ortho intramolecular Hbond substituents is 1. The molecule has 0 unspecified atom stereocenters. The summed E-state index contributed by atoms with van der Waals surface area (Å²) in [5.41, 5.74) is 1.73. The molecule has 2 N–H and O–H groups in total. The number of rotatable bonds is 1. The Balaban J connectivity index is 2.87. The minimum absolute atomic E-state index is 0.213. The zero-order valence-corrected chi connectivity index (χ0v) is 8.07. The zero-order valence-electron chi connectivity index (χ0n) is 8.07. The molecule has 0 aliphatic heterocycles. The maximum absolute atomic E-state index is 9.74. The highest BCUT2D eigenvalue weighted by Gasteiger charge is 2.07. The predicted molar refractivity (Wildman–Crippen MR) is 55.5 cm³/mol. The Morgan fingerprint density at radius 1 is 1.29 bits per heavy atom. The van der Waals surface area contributed by atoms with Gasteiger partial charge in [0, 0.05) is 7.05 Å². The van der Waals surface area contributed by atoms with Crippen molar-refractivity contribution in [3.05, 3.63) is 24.0 Å². The molecule has 2 aromatic rings. The average molecular weight is 189 g/mol. The second-order valence-corrected chi connectivity index (χ2v) is 3.15. The van der Waals surface area contributed by atoms with Crippen LogP contribution in [0.2, 0.25) is 0 Å². The van der Waals surface area contributed by atoms with Gasteiger partial charge in [-0.3, -0.25) is 0 Å². The molecular weight excluding hydrogens is 178 g/mol. The van der Waals surface area contributed by atoms with E-state index in [2.05, 4.69) is 15.3 Å². The van der Waals surface area contributed by atoms with Gasteiger partial charge in [-0.25, -0.2) is 9.97 Å². The third-order valence-corrected chi connectivity index (χ3v) is 2.10. The van der Waals surface area contributed by atoms with E-state index in [9.17, 15) is 5.11 Å². The maximum atomic E-state index is 9.74. The van der Waals surface area contributed by atoms with E-state index in [4.69, 9.17) is 0 Å². The highest BCUT2D eigenvalue weighted by molar-refractivity contribution is 5.94. The van der Waals surface area contributed by atoms with Gasteiger partial charge in [-0.15, -0.1) is 0 Å². The SMILES string of the molecule is CNc1ncnc2cc(C)cc(O)c12. The van der Waals surface area contributed by atoms with E-state index < -0.39 is 0 Å². The molecule has 0 radical (unpaired) electrons. The van der Waals surface area contributed by atoms with E-state index in [0.29, 0.717) is 11.2 Å². The van der Waals surface area contributed by atoms with Gasteiger partial charge in [0.1, 0.15) is 17.9 Å².